The summed E-state index contributed by atoms with van der Waals surface area (Å²) in [5, 5.41) is 6.74. The highest BCUT2D eigenvalue weighted by Crippen LogP contribution is 2.34. The predicted molar refractivity (Wildman–Crippen MR) is 123 cm³/mol. The van der Waals surface area contributed by atoms with E-state index in [-0.39, 0.29) is 9.92 Å². The standard InChI is InChI=1S/C22H18ClF3N4O3S/c1-27-11-14-13-30(34(31,32)17-3-2-8-28-12-17)21-9-15(4-6-18(14)21)29-20-7-5-16(10-19(20)23)33-22(24,25)26/h2-10,12-13,27,29H,11H2,1H3. The predicted octanol–water partition coefficient (Wildman–Crippen LogP) is 5.29. The Kier molecular flexibility index (Phi) is 6.43. The van der Waals surface area contributed by atoms with E-state index in [9.17, 15) is 21.6 Å². The van der Waals surface area contributed by atoms with Crippen molar-refractivity contribution in [3.05, 3.63) is 77.7 Å². The molecule has 4 aromatic rings. The Balaban J connectivity index is 1.74. The Morgan fingerprint density at radius 1 is 1.15 bits per heavy atom. The molecular formula is C22H18ClF3N4O3S. The monoisotopic (exact) mass is 510 g/mol. The molecule has 0 unspecified atom stereocenters. The molecule has 0 bridgehead atoms. The van der Waals surface area contributed by atoms with Gasteiger partial charge >= 0.3 is 6.36 Å². The second kappa shape index (κ2) is 9.16. The Bertz CT molecular complexity index is 1440. The first kappa shape index (κ1) is 23.9. The molecule has 0 atom stereocenters. The summed E-state index contributed by atoms with van der Waals surface area (Å²) in [5.41, 5.74) is 1.98. The average molecular weight is 511 g/mol. The summed E-state index contributed by atoms with van der Waals surface area (Å²) < 4.78 is 69.0. The van der Waals surface area contributed by atoms with Crippen LogP contribution in [0.5, 0.6) is 5.75 Å². The number of nitrogens with one attached hydrogen (secondary N) is 2. The third-order valence-electron chi connectivity index (χ3n) is 4.87. The van der Waals surface area contributed by atoms with Crippen LogP contribution in [0.2, 0.25) is 5.02 Å². The van der Waals surface area contributed by atoms with Crippen LogP contribution in [-0.4, -0.2) is 30.8 Å². The molecule has 2 aromatic heterocycles. The number of aromatic nitrogens is 2. The number of alkyl halides is 3. The molecule has 0 spiro atoms. The van der Waals surface area contributed by atoms with Gasteiger partial charge in [0.1, 0.15) is 10.6 Å². The fraction of sp³-hybridized carbons (Fsp3) is 0.136. The van der Waals surface area contributed by atoms with E-state index < -0.39 is 22.1 Å². The molecule has 0 aliphatic carbocycles. The van der Waals surface area contributed by atoms with Gasteiger partial charge in [0.15, 0.2) is 0 Å². The number of pyridine rings is 1. The van der Waals surface area contributed by atoms with Gasteiger partial charge in [-0.15, -0.1) is 13.2 Å². The smallest absolute Gasteiger partial charge is 0.406 e. The number of hydrogen-bond acceptors (Lipinski definition) is 6. The van der Waals surface area contributed by atoms with E-state index in [2.05, 4.69) is 20.4 Å². The molecule has 0 saturated carbocycles. The maximum absolute atomic E-state index is 13.3. The minimum atomic E-state index is -4.83. The van der Waals surface area contributed by atoms with Crippen molar-refractivity contribution >= 4 is 43.9 Å². The zero-order valence-corrected chi connectivity index (χ0v) is 19.2. The van der Waals surface area contributed by atoms with Gasteiger partial charge in [-0.2, -0.15) is 0 Å². The molecule has 4 rings (SSSR count). The summed E-state index contributed by atoms with van der Waals surface area (Å²) in [6, 6.07) is 11.6. The second-order valence-corrected chi connectivity index (χ2v) is 9.44. The highest BCUT2D eigenvalue weighted by molar-refractivity contribution is 7.90. The van der Waals surface area contributed by atoms with E-state index in [1.165, 1.54) is 34.6 Å². The number of rotatable bonds is 7. The maximum Gasteiger partial charge on any atom is 0.573 e. The van der Waals surface area contributed by atoms with Gasteiger partial charge < -0.3 is 15.4 Å². The quantitative estimate of drug-likeness (QED) is 0.351. The summed E-state index contributed by atoms with van der Waals surface area (Å²) in [6.07, 6.45) is -0.537. The molecule has 2 aromatic carbocycles. The second-order valence-electron chi connectivity index (χ2n) is 7.22. The van der Waals surface area contributed by atoms with Gasteiger partial charge in [-0.1, -0.05) is 17.7 Å². The third-order valence-corrected chi connectivity index (χ3v) is 6.84. The fourth-order valence-electron chi connectivity index (χ4n) is 3.44. The summed E-state index contributed by atoms with van der Waals surface area (Å²) in [4.78, 5) is 3.93. The Morgan fingerprint density at radius 3 is 2.59 bits per heavy atom. The van der Waals surface area contributed by atoms with Crippen molar-refractivity contribution < 1.29 is 26.3 Å². The van der Waals surface area contributed by atoms with Crippen LogP contribution in [0.25, 0.3) is 10.9 Å². The van der Waals surface area contributed by atoms with Crippen molar-refractivity contribution in [3.8, 4) is 5.75 Å². The van der Waals surface area contributed by atoms with E-state index in [0.717, 1.165) is 17.7 Å². The Morgan fingerprint density at radius 2 is 1.94 bits per heavy atom. The molecule has 7 nitrogen and oxygen atoms in total. The highest BCUT2D eigenvalue weighted by atomic mass is 35.5. The lowest BCUT2D eigenvalue weighted by atomic mass is 10.1. The van der Waals surface area contributed by atoms with E-state index in [1.54, 1.807) is 31.4 Å². The number of fused-ring (bicyclic) bond motifs is 1. The van der Waals surface area contributed by atoms with Crippen molar-refractivity contribution in [2.75, 3.05) is 12.4 Å². The van der Waals surface area contributed by atoms with Crippen LogP contribution in [0.3, 0.4) is 0 Å². The molecule has 0 saturated heterocycles. The van der Waals surface area contributed by atoms with Crippen molar-refractivity contribution in [2.24, 2.45) is 0 Å². The summed E-state index contributed by atoms with van der Waals surface area (Å²) >= 11 is 6.13. The number of ether oxygens (including phenoxy) is 1. The van der Waals surface area contributed by atoms with Gasteiger partial charge in [-0.3, -0.25) is 4.98 Å². The first-order valence-corrected chi connectivity index (χ1v) is 11.7. The number of hydrogen-bond donors (Lipinski definition) is 2. The highest BCUT2D eigenvalue weighted by Gasteiger charge is 2.31. The minimum Gasteiger partial charge on any atom is -0.406 e. The molecule has 0 radical (unpaired) electrons. The minimum absolute atomic E-state index is 0.00363. The lowest BCUT2D eigenvalue weighted by molar-refractivity contribution is -0.274. The summed E-state index contributed by atoms with van der Waals surface area (Å²) in [5.74, 6) is -0.452. The van der Waals surface area contributed by atoms with Gasteiger partial charge in [-0.05, 0) is 49.0 Å². The van der Waals surface area contributed by atoms with Crippen molar-refractivity contribution in [3.63, 3.8) is 0 Å². The zero-order chi connectivity index (χ0) is 24.5. The topological polar surface area (TPSA) is 85.2 Å². The molecule has 0 aliphatic rings. The van der Waals surface area contributed by atoms with Crippen molar-refractivity contribution in [1.29, 1.82) is 0 Å². The lowest BCUT2D eigenvalue weighted by Crippen LogP contribution is -2.17. The first-order chi connectivity index (χ1) is 16.1. The third kappa shape index (κ3) is 4.96. The molecule has 0 amide bonds. The molecule has 0 aliphatic heterocycles. The van der Waals surface area contributed by atoms with Crippen LogP contribution < -0.4 is 15.4 Å². The van der Waals surface area contributed by atoms with Crippen LogP contribution in [0.4, 0.5) is 24.5 Å². The molecule has 2 N–H and O–H groups in total. The Labute approximate surface area is 198 Å². The average Bonchev–Trinajstić information content (AvgIpc) is 3.14. The summed E-state index contributed by atoms with van der Waals surface area (Å²) in [6.45, 7) is 0.436. The van der Waals surface area contributed by atoms with E-state index in [0.29, 0.717) is 28.8 Å². The van der Waals surface area contributed by atoms with Crippen molar-refractivity contribution in [2.45, 2.75) is 17.8 Å². The van der Waals surface area contributed by atoms with Gasteiger partial charge in [0.05, 0.1) is 16.2 Å². The first-order valence-electron chi connectivity index (χ1n) is 9.85. The van der Waals surface area contributed by atoms with Crippen molar-refractivity contribution in [1.82, 2.24) is 14.3 Å². The number of halogens is 4. The number of nitrogens with zero attached hydrogens (tertiary/aromatic N) is 2. The molecule has 34 heavy (non-hydrogen) atoms. The Hall–Kier alpha value is -3.28. The van der Waals surface area contributed by atoms with Crippen LogP contribution in [0.15, 0.2) is 72.0 Å². The number of benzene rings is 2. The fourth-order valence-corrected chi connectivity index (χ4v) is 5.00. The van der Waals surface area contributed by atoms with Gasteiger partial charge in [0.25, 0.3) is 10.0 Å². The van der Waals surface area contributed by atoms with Crippen LogP contribution in [-0.2, 0) is 16.6 Å². The van der Waals surface area contributed by atoms with Gasteiger partial charge in [0.2, 0.25) is 0 Å². The molecule has 2 heterocycles. The van der Waals surface area contributed by atoms with E-state index >= 15 is 0 Å². The van der Waals surface area contributed by atoms with E-state index in [1.807, 2.05) is 0 Å². The summed E-state index contributed by atoms with van der Waals surface area (Å²) in [7, 11) is -2.18. The van der Waals surface area contributed by atoms with Crippen LogP contribution in [0.1, 0.15) is 5.56 Å². The van der Waals surface area contributed by atoms with E-state index in [4.69, 9.17) is 11.6 Å². The zero-order valence-electron chi connectivity index (χ0n) is 17.6. The van der Waals surface area contributed by atoms with Gasteiger partial charge in [0, 0.05) is 42.3 Å². The van der Waals surface area contributed by atoms with Crippen LogP contribution in [0, 0.1) is 0 Å². The largest absolute Gasteiger partial charge is 0.573 e. The maximum atomic E-state index is 13.3. The van der Waals surface area contributed by atoms with Gasteiger partial charge in [-0.25, -0.2) is 12.4 Å². The number of anilines is 2. The SMILES string of the molecule is CNCc1cn(S(=O)(=O)c2cccnc2)c2cc(Nc3ccc(OC(F)(F)F)cc3Cl)ccc12. The molecule has 0 fully saturated rings. The lowest BCUT2D eigenvalue weighted by Gasteiger charge is -2.13. The molecular weight excluding hydrogens is 493 g/mol. The van der Waals surface area contributed by atoms with Crippen LogP contribution >= 0.6 is 11.6 Å². The molecule has 12 heteroatoms. The molecule has 178 valence electrons. The normalized spacial score (nSPS) is 12.1.